The Morgan fingerprint density at radius 3 is 2.47 bits per heavy atom. The average Bonchev–Trinajstić information content (AvgIpc) is 2.46. The molecule has 2 aromatic rings. The molecule has 0 bridgehead atoms. The summed E-state index contributed by atoms with van der Waals surface area (Å²) < 4.78 is 0. The molecule has 0 spiro atoms. The van der Waals surface area contributed by atoms with Gasteiger partial charge in [0.1, 0.15) is 0 Å². The molecule has 4 nitrogen and oxygen atoms in total. The minimum Gasteiger partial charge on any atom is -0.352 e. The highest BCUT2D eigenvalue weighted by molar-refractivity contribution is 5.78. The number of carbonyl (C=O) groups is 1. The molecular weight excluding hydrogens is 238 g/mol. The second kappa shape index (κ2) is 6.66. The third-order valence-corrected chi connectivity index (χ3v) is 2.93. The first-order valence-electron chi connectivity index (χ1n) is 6.22. The van der Waals surface area contributed by atoms with E-state index in [1.54, 1.807) is 12.4 Å². The fourth-order valence-corrected chi connectivity index (χ4v) is 1.87. The summed E-state index contributed by atoms with van der Waals surface area (Å²) >= 11 is 0. The van der Waals surface area contributed by atoms with Crippen molar-refractivity contribution in [1.82, 2.24) is 10.3 Å². The zero-order chi connectivity index (χ0) is 13.5. The van der Waals surface area contributed by atoms with E-state index < -0.39 is 0 Å². The van der Waals surface area contributed by atoms with Crippen molar-refractivity contribution in [2.24, 2.45) is 5.73 Å². The highest BCUT2D eigenvalue weighted by Crippen LogP contribution is 2.07. The standard InChI is InChI=1S/C15H17N3O/c16-10-13-3-1-2-4-14(13)11-18-15(19)9-12-5-7-17-8-6-12/h1-8H,9-11,16H2,(H,18,19). The van der Waals surface area contributed by atoms with Crippen molar-refractivity contribution in [2.75, 3.05) is 0 Å². The molecule has 1 heterocycles. The van der Waals surface area contributed by atoms with E-state index in [0.717, 1.165) is 16.7 Å². The van der Waals surface area contributed by atoms with Gasteiger partial charge in [-0.25, -0.2) is 0 Å². The molecule has 0 atom stereocenters. The van der Waals surface area contributed by atoms with Crippen LogP contribution >= 0.6 is 0 Å². The fraction of sp³-hybridized carbons (Fsp3) is 0.200. The van der Waals surface area contributed by atoms with Gasteiger partial charge in [0, 0.05) is 25.5 Å². The lowest BCUT2D eigenvalue weighted by Gasteiger charge is -2.09. The Bertz CT molecular complexity index is 540. The van der Waals surface area contributed by atoms with Crippen LogP contribution in [0.5, 0.6) is 0 Å². The minimum absolute atomic E-state index is 0.00183. The molecule has 0 radical (unpaired) electrons. The average molecular weight is 255 g/mol. The number of pyridine rings is 1. The van der Waals surface area contributed by atoms with Gasteiger partial charge in [0.25, 0.3) is 0 Å². The SMILES string of the molecule is NCc1ccccc1CNC(=O)Cc1ccncc1. The number of hydrogen-bond acceptors (Lipinski definition) is 3. The van der Waals surface area contributed by atoms with Crippen molar-refractivity contribution < 1.29 is 4.79 Å². The van der Waals surface area contributed by atoms with Crippen molar-refractivity contribution in [3.8, 4) is 0 Å². The van der Waals surface area contributed by atoms with Crippen molar-refractivity contribution in [1.29, 1.82) is 0 Å². The van der Waals surface area contributed by atoms with Gasteiger partial charge in [-0.15, -0.1) is 0 Å². The maximum absolute atomic E-state index is 11.8. The summed E-state index contributed by atoms with van der Waals surface area (Å²) in [6.07, 6.45) is 3.74. The van der Waals surface area contributed by atoms with Crippen LogP contribution in [-0.4, -0.2) is 10.9 Å². The van der Waals surface area contributed by atoms with E-state index >= 15 is 0 Å². The number of carbonyl (C=O) groups excluding carboxylic acids is 1. The number of benzene rings is 1. The molecule has 98 valence electrons. The smallest absolute Gasteiger partial charge is 0.224 e. The molecule has 0 saturated carbocycles. The van der Waals surface area contributed by atoms with E-state index in [1.165, 1.54) is 0 Å². The first-order chi connectivity index (χ1) is 9.29. The zero-order valence-corrected chi connectivity index (χ0v) is 10.7. The van der Waals surface area contributed by atoms with E-state index in [4.69, 9.17) is 5.73 Å². The predicted octanol–water partition coefficient (Wildman–Crippen LogP) is 1.40. The molecular formula is C15H17N3O. The lowest BCUT2D eigenvalue weighted by Crippen LogP contribution is -2.25. The van der Waals surface area contributed by atoms with Crippen molar-refractivity contribution in [3.63, 3.8) is 0 Å². The van der Waals surface area contributed by atoms with Gasteiger partial charge in [-0.2, -0.15) is 0 Å². The second-order valence-corrected chi connectivity index (χ2v) is 4.28. The number of hydrogen-bond donors (Lipinski definition) is 2. The van der Waals surface area contributed by atoms with Gasteiger partial charge in [-0.3, -0.25) is 9.78 Å². The Labute approximate surface area is 112 Å². The Morgan fingerprint density at radius 2 is 1.79 bits per heavy atom. The summed E-state index contributed by atoms with van der Waals surface area (Å²) in [7, 11) is 0. The van der Waals surface area contributed by atoms with Crippen LogP contribution in [0.15, 0.2) is 48.8 Å². The third kappa shape index (κ3) is 3.89. The largest absolute Gasteiger partial charge is 0.352 e. The van der Waals surface area contributed by atoms with Crippen LogP contribution in [0.2, 0.25) is 0 Å². The monoisotopic (exact) mass is 255 g/mol. The summed E-state index contributed by atoms with van der Waals surface area (Å²) in [6, 6.07) is 11.5. The summed E-state index contributed by atoms with van der Waals surface area (Å²) in [5.74, 6) is -0.00183. The predicted molar refractivity (Wildman–Crippen MR) is 74.1 cm³/mol. The summed E-state index contributed by atoms with van der Waals surface area (Å²) in [4.78, 5) is 15.7. The minimum atomic E-state index is -0.00183. The summed E-state index contributed by atoms with van der Waals surface area (Å²) in [5.41, 5.74) is 8.74. The van der Waals surface area contributed by atoms with Crippen LogP contribution in [-0.2, 0) is 24.3 Å². The Morgan fingerprint density at radius 1 is 1.11 bits per heavy atom. The van der Waals surface area contributed by atoms with Crippen molar-refractivity contribution in [3.05, 3.63) is 65.5 Å². The molecule has 1 aromatic carbocycles. The second-order valence-electron chi connectivity index (χ2n) is 4.28. The zero-order valence-electron chi connectivity index (χ0n) is 10.7. The summed E-state index contributed by atoms with van der Waals surface area (Å²) in [6.45, 7) is 0.994. The maximum atomic E-state index is 11.8. The van der Waals surface area contributed by atoms with Crippen LogP contribution in [0.1, 0.15) is 16.7 Å². The fourth-order valence-electron chi connectivity index (χ4n) is 1.87. The Balaban J connectivity index is 1.90. The molecule has 0 unspecified atom stereocenters. The molecule has 0 aliphatic heterocycles. The molecule has 1 aromatic heterocycles. The number of nitrogens with two attached hydrogens (primary N) is 1. The van der Waals surface area contributed by atoms with Crippen LogP contribution in [0.3, 0.4) is 0 Å². The number of nitrogens with zero attached hydrogens (tertiary/aromatic N) is 1. The molecule has 4 heteroatoms. The highest BCUT2D eigenvalue weighted by atomic mass is 16.1. The lowest BCUT2D eigenvalue weighted by molar-refractivity contribution is -0.120. The third-order valence-electron chi connectivity index (χ3n) is 2.93. The van der Waals surface area contributed by atoms with Gasteiger partial charge in [-0.05, 0) is 28.8 Å². The Hall–Kier alpha value is -2.20. The normalized spacial score (nSPS) is 10.2. The van der Waals surface area contributed by atoms with Crippen molar-refractivity contribution >= 4 is 5.91 Å². The molecule has 2 rings (SSSR count). The van der Waals surface area contributed by atoms with Gasteiger partial charge in [0.15, 0.2) is 0 Å². The van der Waals surface area contributed by atoms with Gasteiger partial charge in [0.2, 0.25) is 5.91 Å². The van der Waals surface area contributed by atoms with E-state index in [-0.39, 0.29) is 5.91 Å². The Kier molecular flexibility index (Phi) is 4.64. The first-order valence-corrected chi connectivity index (χ1v) is 6.22. The van der Waals surface area contributed by atoms with E-state index in [1.807, 2.05) is 36.4 Å². The van der Waals surface area contributed by atoms with Crippen molar-refractivity contribution in [2.45, 2.75) is 19.5 Å². The quantitative estimate of drug-likeness (QED) is 0.848. The van der Waals surface area contributed by atoms with Gasteiger partial charge < -0.3 is 11.1 Å². The van der Waals surface area contributed by atoms with Gasteiger partial charge in [0.05, 0.1) is 6.42 Å². The summed E-state index contributed by atoms with van der Waals surface area (Å²) in [5, 5.41) is 2.91. The van der Waals surface area contributed by atoms with Gasteiger partial charge in [-0.1, -0.05) is 24.3 Å². The number of nitrogens with one attached hydrogen (secondary N) is 1. The van der Waals surface area contributed by atoms with E-state index in [2.05, 4.69) is 10.3 Å². The number of aromatic nitrogens is 1. The van der Waals surface area contributed by atoms with Crippen LogP contribution < -0.4 is 11.1 Å². The molecule has 1 amide bonds. The van der Waals surface area contributed by atoms with Crippen LogP contribution in [0, 0.1) is 0 Å². The highest BCUT2D eigenvalue weighted by Gasteiger charge is 2.04. The lowest BCUT2D eigenvalue weighted by atomic mass is 10.1. The van der Waals surface area contributed by atoms with Crippen LogP contribution in [0.4, 0.5) is 0 Å². The first kappa shape index (κ1) is 13.2. The van der Waals surface area contributed by atoms with Crippen LogP contribution in [0.25, 0.3) is 0 Å². The molecule has 0 aliphatic rings. The number of amides is 1. The molecule has 19 heavy (non-hydrogen) atoms. The number of rotatable bonds is 5. The van der Waals surface area contributed by atoms with Gasteiger partial charge >= 0.3 is 0 Å². The molecule has 0 aliphatic carbocycles. The van der Waals surface area contributed by atoms with E-state index in [0.29, 0.717) is 19.5 Å². The van der Waals surface area contributed by atoms with E-state index in [9.17, 15) is 4.79 Å². The molecule has 3 N–H and O–H groups in total. The molecule has 0 fully saturated rings. The molecule has 0 saturated heterocycles. The maximum Gasteiger partial charge on any atom is 0.224 e. The topological polar surface area (TPSA) is 68.0 Å².